The first-order valence-electron chi connectivity index (χ1n) is 6.09. The second kappa shape index (κ2) is 5.77. The van der Waals surface area contributed by atoms with Crippen LogP contribution in [0.5, 0.6) is 11.5 Å². The number of ether oxygens (including phenoxy) is 2. The standard InChI is InChI=1S/C15H11ClO3S/c16-12-3-1-2-10(9-17)15(12)20-11-4-5-13-14(8-11)19-7-6-18-13/h1-5,8-9H,6-7H2. The fourth-order valence-corrected chi connectivity index (χ4v) is 3.17. The van der Waals surface area contributed by atoms with Crippen molar-refractivity contribution in [1.29, 1.82) is 0 Å². The Balaban J connectivity index is 1.94. The Morgan fingerprint density at radius 3 is 2.70 bits per heavy atom. The summed E-state index contributed by atoms with van der Waals surface area (Å²) >= 11 is 7.61. The molecule has 0 amide bonds. The fraction of sp³-hybridized carbons (Fsp3) is 0.133. The maximum atomic E-state index is 11.1. The molecular formula is C15H11ClO3S. The molecule has 0 unspecified atom stereocenters. The quantitative estimate of drug-likeness (QED) is 0.801. The van der Waals surface area contributed by atoms with E-state index in [1.807, 2.05) is 18.2 Å². The summed E-state index contributed by atoms with van der Waals surface area (Å²) in [6.07, 6.45) is 0.812. The van der Waals surface area contributed by atoms with E-state index in [0.29, 0.717) is 23.8 Å². The van der Waals surface area contributed by atoms with Crippen LogP contribution in [0.2, 0.25) is 5.02 Å². The highest BCUT2D eigenvalue weighted by molar-refractivity contribution is 7.99. The van der Waals surface area contributed by atoms with E-state index < -0.39 is 0 Å². The van der Waals surface area contributed by atoms with Gasteiger partial charge < -0.3 is 9.47 Å². The summed E-state index contributed by atoms with van der Waals surface area (Å²) in [5.41, 5.74) is 0.581. The van der Waals surface area contributed by atoms with Gasteiger partial charge in [0.05, 0.1) is 5.02 Å². The van der Waals surface area contributed by atoms with E-state index in [-0.39, 0.29) is 0 Å². The minimum absolute atomic E-state index is 0.548. The zero-order chi connectivity index (χ0) is 13.9. The third-order valence-corrected chi connectivity index (χ3v) is 4.43. The topological polar surface area (TPSA) is 35.5 Å². The van der Waals surface area contributed by atoms with Crippen LogP contribution in [-0.2, 0) is 0 Å². The monoisotopic (exact) mass is 306 g/mol. The molecule has 0 aromatic heterocycles. The Labute approximate surface area is 125 Å². The second-order valence-electron chi connectivity index (χ2n) is 4.18. The number of halogens is 1. The fourth-order valence-electron chi connectivity index (χ4n) is 1.93. The maximum absolute atomic E-state index is 11.1. The van der Waals surface area contributed by atoms with E-state index in [1.165, 1.54) is 11.8 Å². The van der Waals surface area contributed by atoms with Gasteiger partial charge in [0.25, 0.3) is 0 Å². The van der Waals surface area contributed by atoms with Crippen LogP contribution in [0, 0.1) is 0 Å². The number of carbonyl (C=O) groups excluding carboxylic acids is 1. The Bertz CT molecular complexity index is 658. The summed E-state index contributed by atoms with van der Waals surface area (Å²) in [5, 5.41) is 0.564. The molecular weight excluding hydrogens is 296 g/mol. The van der Waals surface area contributed by atoms with Gasteiger partial charge in [0, 0.05) is 15.4 Å². The molecule has 0 radical (unpaired) electrons. The number of hydrogen-bond donors (Lipinski definition) is 0. The van der Waals surface area contributed by atoms with Crippen molar-refractivity contribution in [2.24, 2.45) is 0 Å². The molecule has 5 heteroatoms. The number of fused-ring (bicyclic) bond motifs is 1. The van der Waals surface area contributed by atoms with Crippen molar-refractivity contribution < 1.29 is 14.3 Å². The van der Waals surface area contributed by atoms with Crippen LogP contribution >= 0.6 is 23.4 Å². The average Bonchev–Trinajstić information content (AvgIpc) is 2.49. The zero-order valence-corrected chi connectivity index (χ0v) is 12.0. The molecule has 0 N–H and O–H groups in total. The molecule has 3 nitrogen and oxygen atoms in total. The van der Waals surface area contributed by atoms with Crippen molar-refractivity contribution in [3.05, 3.63) is 47.0 Å². The maximum Gasteiger partial charge on any atom is 0.162 e. The van der Waals surface area contributed by atoms with Crippen molar-refractivity contribution in [3.8, 4) is 11.5 Å². The van der Waals surface area contributed by atoms with E-state index in [4.69, 9.17) is 21.1 Å². The molecule has 0 fully saturated rings. The first-order chi connectivity index (χ1) is 9.78. The minimum atomic E-state index is 0.548. The Morgan fingerprint density at radius 2 is 1.90 bits per heavy atom. The van der Waals surface area contributed by atoms with E-state index in [9.17, 15) is 4.79 Å². The summed E-state index contributed by atoms with van der Waals surface area (Å²) in [6.45, 7) is 1.12. The van der Waals surface area contributed by atoms with Crippen LogP contribution < -0.4 is 9.47 Å². The second-order valence-corrected chi connectivity index (χ2v) is 5.67. The van der Waals surface area contributed by atoms with Crippen molar-refractivity contribution in [3.63, 3.8) is 0 Å². The van der Waals surface area contributed by atoms with Gasteiger partial charge in [-0.1, -0.05) is 35.5 Å². The summed E-state index contributed by atoms with van der Waals surface area (Å²) in [7, 11) is 0. The number of hydrogen-bond acceptors (Lipinski definition) is 4. The molecule has 0 spiro atoms. The van der Waals surface area contributed by atoms with Crippen molar-refractivity contribution >= 4 is 29.6 Å². The Hall–Kier alpha value is -1.65. The first kappa shape index (κ1) is 13.3. The molecule has 1 aliphatic rings. The summed E-state index contributed by atoms with van der Waals surface area (Å²) in [5.74, 6) is 1.47. The normalized spacial score (nSPS) is 13.1. The SMILES string of the molecule is O=Cc1cccc(Cl)c1Sc1ccc2c(c1)OCCO2. The Morgan fingerprint density at radius 1 is 1.10 bits per heavy atom. The van der Waals surface area contributed by atoms with Gasteiger partial charge in [-0.15, -0.1) is 0 Å². The molecule has 0 aliphatic carbocycles. The predicted molar refractivity (Wildman–Crippen MR) is 78.4 cm³/mol. The number of rotatable bonds is 3. The highest BCUT2D eigenvalue weighted by Gasteiger charge is 2.14. The predicted octanol–water partition coefficient (Wildman–Crippen LogP) is 4.07. The molecule has 1 heterocycles. The average molecular weight is 307 g/mol. The van der Waals surface area contributed by atoms with Crippen LogP contribution in [-0.4, -0.2) is 19.5 Å². The van der Waals surface area contributed by atoms with Crippen molar-refractivity contribution in [2.45, 2.75) is 9.79 Å². The number of aldehydes is 1. The number of carbonyl (C=O) groups is 1. The third kappa shape index (κ3) is 2.62. The van der Waals surface area contributed by atoms with Gasteiger partial charge in [-0.05, 0) is 24.3 Å². The van der Waals surface area contributed by atoms with Gasteiger partial charge in [0.2, 0.25) is 0 Å². The molecule has 0 saturated carbocycles. The van der Waals surface area contributed by atoms with E-state index in [1.54, 1.807) is 18.2 Å². The smallest absolute Gasteiger partial charge is 0.162 e. The van der Waals surface area contributed by atoms with Gasteiger partial charge in [-0.25, -0.2) is 0 Å². The molecule has 102 valence electrons. The molecule has 2 aromatic carbocycles. The van der Waals surface area contributed by atoms with Crippen LogP contribution in [0.25, 0.3) is 0 Å². The highest BCUT2D eigenvalue weighted by atomic mass is 35.5. The van der Waals surface area contributed by atoms with Crippen molar-refractivity contribution in [2.75, 3.05) is 13.2 Å². The molecule has 0 bridgehead atoms. The summed E-state index contributed by atoms with van der Waals surface area (Å²) in [6, 6.07) is 11.0. The third-order valence-electron chi connectivity index (χ3n) is 2.86. The lowest BCUT2D eigenvalue weighted by Crippen LogP contribution is -2.15. The van der Waals surface area contributed by atoms with Crippen LogP contribution in [0.15, 0.2) is 46.2 Å². The van der Waals surface area contributed by atoms with E-state index >= 15 is 0 Å². The van der Waals surface area contributed by atoms with Gasteiger partial charge in [-0.2, -0.15) is 0 Å². The largest absolute Gasteiger partial charge is 0.486 e. The lowest BCUT2D eigenvalue weighted by Gasteiger charge is -2.18. The van der Waals surface area contributed by atoms with Gasteiger partial charge in [0.15, 0.2) is 17.8 Å². The number of benzene rings is 2. The minimum Gasteiger partial charge on any atom is -0.486 e. The van der Waals surface area contributed by atoms with Gasteiger partial charge >= 0.3 is 0 Å². The van der Waals surface area contributed by atoms with Gasteiger partial charge in [-0.3, -0.25) is 4.79 Å². The first-order valence-corrected chi connectivity index (χ1v) is 7.28. The summed E-state index contributed by atoms with van der Waals surface area (Å²) in [4.78, 5) is 12.8. The molecule has 0 atom stereocenters. The molecule has 2 aromatic rings. The van der Waals surface area contributed by atoms with E-state index in [2.05, 4.69) is 0 Å². The highest BCUT2D eigenvalue weighted by Crippen LogP contribution is 2.40. The van der Waals surface area contributed by atoms with Crippen molar-refractivity contribution in [1.82, 2.24) is 0 Å². The lowest BCUT2D eigenvalue weighted by atomic mass is 10.2. The molecule has 1 aliphatic heterocycles. The van der Waals surface area contributed by atoms with Crippen LogP contribution in [0.4, 0.5) is 0 Å². The molecule has 20 heavy (non-hydrogen) atoms. The zero-order valence-electron chi connectivity index (χ0n) is 10.5. The van der Waals surface area contributed by atoms with E-state index in [0.717, 1.165) is 27.6 Å². The van der Waals surface area contributed by atoms with Gasteiger partial charge in [0.1, 0.15) is 13.2 Å². The molecule has 0 saturated heterocycles. The molecule has 3 rings (SSSR count). The summed E-state index contributed by atoms with van der Waals surface area (Å²) < 4.78 is 11.0. The lowest BCUT2D eigenvalue weighted by molar-refractivity contribution is 0.112. The van der Waals surface area contributed by atoms with Crippen LogP contribution in [0.3, 0.4) is 0 Å². The Kier molecular flexibility index (Phi) is 3.85. The van der Waals surface area contributed by atoms with Crippen LogP contribution in [0.1, 0.15) is 10.4 Å².